The Hall–Kier alpha value is -3.02. The highest BCUT2D eigenvalue weighted by Gasteiger charge is 2.34. The van der Waals surface area contributed by atoms with E-state index in [9.17, 15) is 9.59 Å². The minimum Gasteiger partial charge on any atom is -0.444 e. The summed E-state index contributed by atoms with van der Waals surface area (Å²) in [6.45, 7) is 6.53. The molecule has 0 spiro atoms. The average Bonchev–Trinajstić information content (AvgIpc) is 3.25. The molecule has 184 valence electrons. The Morgan fingerprint density at radius 2 is 1.91 bits per heavy atom. The maximum absolute atomic E-state index is 13.8. The fraction of sp³-hybridized carbons (Fsp3) is 0.400. The molecule has 4 rings (SSSR count). The zero-order valence-corrected chi connectivity index (χ0v) is 22.5. The number of likely N-dealkylation sites (tertiary alicyclic amines) is 1. The van der Waals surface area contributed by atoms with E-state index < -0.39 is 5.60 Å². The van der Waals surface area contributed by atoms with Crippen LogP contribution in [0, 0.1) is 3.57 Å². The summed E-state index contributed by atoms with van der Waals surface area (Å²) in [5, 5.41) is 8.11. The summed E-state index contributed by atoms with van der Waals surface area (Å²) in [5.41, 5.74) is 1.57. The van der Waals surface area contributed by atoms with Crippen molar-refractivity contribution in [3.05, 3.63) is 57.9 Å². The van der Waals surface area contributed by atoms with Crippen LogP contribution in [0.4, 0.5) is 10.6 Å². The Kier molecular flexibility index (Phi) is 7.39. The molecule has 2 aromatic heterocycles. The maximum atomic E-state index is 13.8. The summed E-state index contributed by atoms with van der Waals surface area (Å²) in [7, 11) is 1.81. The molecule has 1 aliphatic heterocycles. The third kappa shape index (κ3) is 6.16. The Bertz CT molecular complexity index is 1200. The highest BCUT2D eigenvalue weighted by atomic mass is 127. The molecule has 9 nitrogen and oxygen atoms in total. The smallest absolute Gasteiger partial charge is 0.410 e. The predicted molar refractivity (Wildman–Crippen MR) is 141 cm³/mol. The minimum absolute atomic E-state index is 0.166. The number of aryl methyl sites for hydroxylation is 1. The quantitative estimate of drug-likeness (QED) is 0.416. The third-order valence-electron chi connectivity index (χ3n) is 5.62. The van der Waals surface area contributed by atoms with Gasteiger partial charge in [-0.2, -0.15) is 0 Å². The van der Waals surface area contributed by atoms with Crippen LogP contribution in [0.25, 0.3) is 11.3 Å². The number of carbonyl (C=O) groups is 2. The number of nitrogens with zero attached hydrogens (tertiary/aromatic N) is 6. The molecule has 0 aliphatic carbocycles. The van der Waals surface area contributed by atoms with Gasteiger partial charge in [-0.15, -0.1) is 5.10 Å². The number of rotatable bonds is 4. The number of aromatic nitrogens is 4. The second kappa shape index (κ2) is 10.3. The third-order valence-corrected chi connectivity index (χ3v) is 6.29. The fourth-order valence-electron chi connectivity index (χ4n) is 4.04. The van der Waals surface area contributed by atoms with E-state index in [-0.39, 0.29) is 18.0 Å². The van der Waals surface area contributed by atoms with Crippen LogP contribution in [0.3, 0.4) is 0 Å². The fourth-order valence-corrected chi connectivity index (χ4v) is 4.48. The molecular weight excluding hydrogens is 559 g/mol. The van der Waals surface area contributed by atoms with Crippen LogP contribution in [-0.2, 0) is 11.8 Å². The van der Waals surface area contributed by atoms with Gasteiger partial charge >= 0.3 is 6.09 Å². The van der Waals surface area contributed by atoms with Gasteiger partial charge in [-0.3, -0.25) is 14.4 Å². The number of pyridine rings is 1. The Morgan fingerprint density at radius 1 is 1.17 bits per heavy atom. The van der Waals surface area contributed by atoms with Crippen molar-refractivity contribution in [1.29, 1.82) is 0 Å². The highest BCUT2D eigenvalue weighted by Crippen LogP contribution is 2.27. The monoisotopic (exact) mass is 588 g/mol. The summed E-state index contributed by atoms with van der Waals surface area (Å²) in [4.78, 5) is 34.5. The number of benzene rings is 1. The van der Waals surface area contributed by atoms with Crippen molar-refractivity contribution in [2.24, 2.45) is 7.05 Å². The van der Waals surface area contributed by atoms with Gasteiger partial charge < -0.3 is 9.64 Å². The molecule has 2 amide bonds. The van der Waals surface area contributed by atoms with E-state index in [1.54, 1.807) is 32.8 Å². The highest BCUT2D eigenvalue weighted by molar-refractivity contribution is 14.1. The first kappa shape index (κ1) is 25.1. The van der Waals surface area contributed by atoms with Crippen LogP contribution in [0.1, 0.15) is 44.0 Å². The molecule has 1 aliphatic rings. The average molecular weight is 588 g/mol. The number of halogens is 1. The SMILES string of the molecule is Cn1cc(-c2ccc(C(=O)N(c3cc(I)ccn3)[C@@H]3CCCN(C(=O)OC(C)(C)C)C3)cc2)nn1. The number of anilines is 1. The number of amides is 2. The van der Waals surface area contributed by atoms with Crippen LogP contribution < -0.4 is 4.90 Å². The lowest BCUT2D eigenvalue weighted by atomic mass is 10.0. The van der Waals surface area contributed by atoms with Crippen LogP contribution in [0.15, 0.2) is 48.8 Å². The molecular formula is C25H29IN6O3. The van der Waals surface area contributed by atoms with Gasteiger partial charge in [-0.1, -0.05) is 17.3 Å². The number of hydrogen-bond acceptors (Lipinski definition) is 6. The molecule has 3 heterocycles. The Balaban J connectivity index is 1.62. The van der Waals surface area contributed by atoms with Crippen LogP contribution >= 0.6 is 22.6 Å². The van der Waals surface area contributed by atoms with E-state index in [4.69, 9.17) is 4.74 Å². The van der Waals surface area contributed by atoms with Gasteiger partial charge in [0.1, 0.15) is 17.1 Å². The van der Waals surface area contributed by atoms with Crippen molar-refractivity contribution in [2.75, 3.05) is 18.0 Å². The lowest BCUT2D eigenvalue weighted by molar-refractivity contribution is 0.0196. The molecule has 1 saturated heterocycles. The topological polar surface area (TPSA) is 93.5 Å². The van der Waals surface area contributed by atoms with Crippen molar-refractivity contribution < 1.29 is 14.3 Å². The summed E-state index contributed by atoms with van der Waals surface area (Å²) in [5.74, 6) is 0.400. The van der Waals surface area contributed by atoms with Gasteiger partial charge in [-0.25, -0.2) is 9.78 Å². The van der Waals surface area contributed by atoms with Gasteiger partial charge in [0, 0.05) is 41.0 Å². The number of ether oxygens (including phenoxy) is 1. The van der Waals surface area contributed by atoms with E-state index in [0.29, 0.717) is 24.5 Å². The van der Waals surface area contributed by atoms with Crippen molar-refractivity contribution in [2.45, 2.75) is 45.3 Å². The molecule has 3 aromatic rings. The molecule has 35 heavy (non-hydrogen) atoms. The largest absolute Gasteiger partial charge is 0.444 e. The summed E-state index contributed by atoms with van der Waals surface area (Å²) in [6, 6.07) is 10.9. The first-order chi connectivity index (χ1) is 16.6. The van der Waals surface area contributed by atoms with E-state index in [1.165, 1.54) is 0 Å². The number of hydrogen-bond donors (Lipinski definition) is 0. The first-order valence-corrected chi connectivity index (χ1v) is 12.6. The molecule has 10 heteroatoms. The standard InChI is InChI=1S/C25H29IN6O3/c1-25(2,3)35-24(34)31-13-5-6-20(15-31)32(22-14-19(26)11-12-27-22)23(33)18-9-7-17(8-10-18)21-16-30(4)29-28-21/h7-12,14,16,20H,5-6,13,15H2,1-4H3/t20-/m1/s1. The zero-order valence-electron chi connectivity index (χ0n) is 20.3. The van der Waals surface area contributed by atoms with E-state index in [0.717, 1.165) is 27.7 Å². The van der Waals surface area contributed by atoms with Crippen molar-refractivity contribution in [3.8, 4) is 11.3 Å². The van der Waals surface area contributed by atoms with Gasteiger partial charge in [0.05, 0.1) is 12.2 Å². The first-order valence-electron chi connectivity index (χ1n) is 11.5. The second-order valence-corrected chi connectivity index (χ2v) is 10.8. The lowest BCUT2D eigenvalue weighted by Crippen LogP contribution is -2.53. The van der Waals surface area contributed by atoms with Gasteiger partial charge in [-0.05, 0) is 80.5 Å². The number of carbonyl (C=O) groups excluding carboxylic acids is 2. The predicted octanol–water partition coefficient (Wildman–Crippen LogP) is 4.53. The molecule has 0 N–H and O–H groups in total. The van der Waals surface area contributed by atoms with Gasteiger partial charge in [0.15, 0.2) is 0 Å². The Labute approximate surface area is 218 Å². The van der Waals surface area contributed by atoms with Gasteiger partial charge in [0.2, 0.25) is 0 Å². The van der Waals surface area contributed by atoms with Crippen LogP contribution in [0.2, 0.25) is 0 Å². The summed E-state index contributed by atoms with van der Waals surface area (Å²) in [6.07, 6.45) is 4.69. The van der Waals surface area contributed by atoms with Crippen LogP contribution in [0.5, 0.6) is 0 Å². The lowest BCUT2D eigenvalue weighted by Gasteiger charge is -2.39. The maximum Gasteiger partial charge on any atom is 0.410 e. The summed E-state index contributed by atoms with van der Waals surface area (Å²) >= 11 is 2.21. The van der Waals surface area contributed by atoms with E-state index in [1.807, 2.05) is 58.3 Å². The van der Waals surface area contributed by atoms with Crippen LogP contribution in [-0.4, -0.2) is 61.6 Å². The minimum atomic E-state index is -0.582. The molecule has 1 fully saturated rings. The van der Waals surface area contributed by atoms with E-state index >= 15 is 0 Å². The molecule has 1 atom stereocenters. The Morgan fingerprint density at radius 3 is 2.54 bits per heavy atom. The molecule has 0 saturated carbocycles. The second-order valence-electron chi connectivity index (χ2n) is 9.58. The van der Waals surface area contributed by atoms with E-state index in [2.05, 4.69) is 37.9 Å². The van der Waals surface area contributed by atoms with Gasteiger partial charge in [0.25, 0.3) is 5.91 Å². The molecule has 0 radical (unpaired) electrons. The molecule has 1 aromatic carbocycles. The molecule has 0 bridgehead atoms. The zero-order chi connectivity index (χ0) is 25.2. The molecule has 0 unspecified atom stereocenters. The summed E-state index contributed by atoms with van der Waals surface area (Å²) < 4.78 is 8.20. The normalized spacial score (nSPS) is 16.1. The van der Waals surface area contributed by atoms with Crippen molar-refractivity contribution >= 4 is 40.4 Å². The van der Waals surface area contributed by atoms with Crippen molar-refractivity contribution in [3.63, 3.8) is 0 Å². The van der Waals surface area contributed by atoms with Crippen molar-refractivity contribution in [1.82, 2.24) is 24.9 Å². The number of piperidine rings is 1.